The molecule has 0 aromatic rings. The molecule has 0 radical (unpaired) electrons. The second-order valence-electron chi connectivity index (χ2n) is 3.07. The lowest BCUT2D eigenvalue weighted by Crippen LogP contribution is -2.31. The number of rotatable bonds is 3. The van der Waals surface area contributed by atoms with Gasteiger partial charge in [0.2, 0.25) is 5.91 Å². The Balaban J connectivity index is 2.20. The molecule has 0 bridgehead atoms. The third kappa shape index (κ3) is 2.48. The van der Waals surface area contributed by atoms with Gasteiger partial charge in [0.05, 0.1) is 12.7 Å². The van der Waals surface area contributed by atoms with E-state index >= 15 is 0 Å². The van der Waals surface area contributed by atoms with Crippen LogP contribution >= 0.6 is 0 Å². The Morgan fingerprint density at radius 3 is 2.82 bits per heavy atom. The van der Waals surface area contributed by atoms with Gasteiger partial charge in [0.25, 0.3) is 0 Å². The van der Waals surface area contributed by atoms with Crippen molar-refractivity contribution >= 4 is 5.91 Å². The number of nitrogens with zero attached hydrogens (tertiary/aromatic N) is 1. The fourth-order valence-electron chi connectivity index (χ4n) is 1.10. The molecule has 1 atom stereocenters. The van der Waals surface area contributed by atoms with E-state index in [1.807, 2.05) is 14.1 Å². The lowest BCUT2D eigenvalue weighted by molar-refractivity contribution is -0.120. The molecule has 64 valence electrons. The van der Waals surface area contributed by atoms with Gasteiger partial charge in [0, 0.05) is 0 Å². The Bertz CT molecular complexity index is 147. The number of hydrogen-bond donors (Lipinski definition) is 2. The van der Waals surface area contributed by atoms with Gasteiger partial charge in [-0.05, 0) is 27.1 Å². The molecule has 1 saturated heterocycles. The zero-order valence-electron chi connectivity index (χ0n) is 7.05. The average Bonchev–Trinajstić information content (AvgIpc) is 2.31. The highest BCUT2D eigenvalue weighted by atomic mass is 16.2. The van der Waals surface area contributed by atoms with Crippen molar-refractivity contribution in [3.05, 3.63) is 0 Å². The van der Waals surface area contributed by atoms with Crippen LogP contribution in [0.2, 0.25) is 0 Å². The maximum Gasteiger partial charge on any atom is 0.238 e. The number of nitrogens with one attached hydrogen (secondary N) is 2. The topological polar surface area (TPSA) is 44.4 Å². The van der Waals surface area contributed by atoms with E-state index in [0.717, 1.165) is 13.0 Å². The summed E-state index contributed by atoms with van der Waals surface area (Å²) in [5, 5.41) is 5.80. The summed E-state index contributed by atoms with van der Waals surface area (Å²) in [5.74, 6) is 0.131. The van der Waals surface area contributed by atoms with Crippen molar-refractivity contribution < 1.29 is 4.79 Å². The van der Waals surface area contributed by atoms with Crippen molar-refractivity contribution in [1.29, 1.82) is 0 Å². The van der Waals surface area contributed by atoms with E-state index in [1.165, 1.54) is 0 Å². The summed E-state index contributed by atoms with van der Waals surface area (Å²) in [6.07, 6.45) is 0.888. The van der Waals surface area contributed by atoms with Crippen LogP contribution in [0.3, 0.4) is 0 Å². The Morgan fingerprint density at radius 1 is 1.64 bits per heavy atom. The normalized spacial score (nSPS) is 24.3. The Hall–Kier alpha value is -0.610. The number of carbonyl (C=O) groups is 1. The second-order valence-corrected chi connectivity index (χ2v) is 3.07. The summed E-state index contributed by atoms with van der Waals surface area (Å²) in [6.45, 7) is 1.57. The van der Waals surface area contributed by atoms with Crippen molar-refractivity contribution in [2.24, 2.45) is 0 Å². The summed E-state index contributed by atoms with van der Waals surface area (Å²) in [7, 11) is 4.01. The number of carbonyl (C=O) groups excluding carboxylic acids is 1. The Labute approximate surface area is 66.9 Å². The summed E-state index contributed by atoms with van der Waals surface area (Å²) in [5.41, 5.74) is 0. The van der Waals surface area contributed by atoms with E-state index in [1.54, 1.807) is 0 Å². The van der Waals surface area contributed by atoms with E-state index in [0.29, 0.717) is 6.67 Å². The van der Waals surface area contributed by atoms with E-state index in [2.05, 4.69) is 15.5 Å². The van der Waals surface area contributed by atoms with Gasteiger partial charge in [-0.2, -0.15) is 0 Å². The molecule has 0 spiro atoms. The molecule has 1 heterocycles. The summed E-state index contributed by atoms with van der Waals surface area (Å²) >= 11 is 0. The van der Waals surface area contributed by atoms with Gasteiger partial charge in [-0.3, -0.25) is 10.1 Å². The van der Waals surface area contributed by atoms with Gasteiger partial charge in [-0.25, -0.2) is 0 Å². The lowest BCUT2D eigenvalue weighted by Gasteiger charge is -2.11. The Kier molecular flexibility index (Phi) is 2.84. The maximum absolute atomic E-state index is 11.0. The predicted octanol–water partition coefficient (Wildman–Crippen LogP) is -1.02. The highest BCUT2D eigenvalue weighted by Gasteiger charge is 2.22. The first-order valence-electron chi connectivity index (χ1n) is 3.86. The summed E-state index contributed by atoms with van der Waals surface area (Å²) < 4.78 is 0. The molecule has 11 heavy (non-hydrogen) atoms. The smallest absolute Gasteiger partial charge is 0.238 e. The molecule has 0 aromatic heterocycles. The van der Waals surface area contributed by atoms with Crippen LogP contribution in [0, 0.1) is 0 Å². The standard InChI is InChI=1S/C7H15N3O/c1-10(2)4-3-6-7(11)9-5-8-6/h6,8H,3-5H2,1-2H3,(H,9,11). The molecule has 0 aliphatic carbocycles. The second kappa shape index (κ2) is 3.69. The summed E-state index contributed by atoms with van der Waals surface area (Å²) in [4.78, 5) is 13.1. The van der Waals surface area contributed by atoms with Gasteiger partial charge in [-0.15, -0.1) is 0 Å². The lowest BCUT2D eigenvalue weighted by atomic mass is 10.2. The van der Waals surface area contributed by atoms with Crippen molar-refractivity contribution in [3.63, 3.8) is 0 Å². The molecule has 1 aliphatic heterocycles. The van der Waals surface area contributed by atoms with Crippen LogP contribution in [0.4, 0.5) is 0 Å². The van der Waals surface area contributed by atoms with Crippen LogP contribution in [-0.4, -0.2) is 44.2 Å². The minimum absolute atomic E-state index is 0.0254. The minimum Gasteiger partial charge on any atom is -0.342 e. The van der Waals surface area contributed by atoms with Crippen molar-refractivity contribution in [2.75, 3.05) is 27.3 Å². The first kappa shape index (κ1) is 8.49. The van der Waals surface area contributed by atoms with Crippen LogP contribution in [-0.2, 0) is 4.79 Å². The first-order valence-corrected chi connectivity index (χ1v) is 3.86. The fraction of sp³-hybridized carbons (Fsp3) is 0.857. The molecular weight excluding hydrogens is 142 g/mol. The molecule has 1 amide bonds. The third-order valence-electron chi connectivity index (χ3n) is 1.79. The van der Waals surface area contributed by atoms with Gasteiger partial charge in [0.15, 0.2) is 0 Å². The zero-order valence-corrected chi connectivity index (χ0v) is 7.05. The zero-order chi connectivity index (χ0) is 8.27. The average molecular weight is 157 g/mol. The third-order valence-corrected chi connectivity index (χ3v) is 1.79. The van der Waals surface area contributed by atoms with Gasteiger partial charge >= 0.3 is 0 Å². The molecule has 1 rings (SSSR count). The van der Waals surface area contributed by atoms with E-state index in [-0.39, 0.29) is 11.9 Å². The number of amides is 1. The minimum atomic E-state index is 0.0254. The van der Waals surface area contributed by atoms with Crippen molar-refractivity contribution in [1.82, 2.24) is 15.5 Å². The molecule has 4 heteroatoms. The SMILES string of the molecule is CN(C)CCC1NCNC1=O. The van der Waals surface area contributed by atoms with Gasteiger partial charge in [-0.1, -0.05) is 0 Å². The number of hydrogen-bond acceptors (Lipinski definition) is 3. The molecule has 0 saturated carbocycles. The monoisotopic (exact) mass is 157 g/mol. The van der Waals surface area contributed by atoms with Crippen molar-refractivity contribution in [3.8, 4) is 0 Å². The molecule has 1 aliphatic rings. The highest BCUT2D eigenvalue weighted by Crippen LogP contribution is 1.97. The molecule has 0 aromatic carbocycles. The maximum atomic E-state index is 11.0. The van der Waals surface area contributed by atoms with Crippen molar-refractivity contribution in [2.45, 2.75) is 12.5 Å². The molecule has 4 nitrogen and oxygen atoms in total. The van der Waals surface area contributed by atoms with E-state index < -0.39 is 0 Å². The van der Waals surface area contributed by atoms with Crippen LogP contribution < -0.4 is 10.6 Å². The molecule has 1 fully saturated rings. The van der Waals surface area contributed by atoms with Gasteiger partial charge in [0.1, 0.15) is 0 Å². The van der Waals surface area contributed by atoms with Crippen LogP contribution in [0.1, 0.15) is 6.42 Å². The molecule has 1 unspecified atom stereocenters. The van der Waals surface area contributed by atoms with E-state index in [9.17, 15) is 4.79 Å². The fourth-order valence-corrected chi connectivity index (χ4v) is 1.10. The first-order chi connectivity index (χ1) is 5.20. The Morgan fingerprint density at radius 2 is 2.36 bits per heavy atom. The van der Waals surface area contributed by atoms with Gasteiger partial charge < -0.3 is 10.2 Å². The van der Waals surface area contributed by atoms with Crippen LogP contribution in [0.5, 0.6) is 0 Å². The van der Waals surface area contributed by atoms with Crippen LogP contribution in [0.15, 0.2) is 0 Å². The predicted molar refractivity (Wildman–Crippen MR) is 43.1 cm³/mol. The quantitative estimate of drug-likeness (QED) is 0.551. The molecule has 2 N–H and O–H groups in total. The largest absolute Gasteiger partial charge is 0.342 e. The van der Waals surface area contributed by atoms with Crippen LogP contribution in [0.25, 0.3) is 0 Å². The summed E-state index contributed by atoms with van der Waals surface area (Å²) in [6, 6.07) is 0.0254. The highest BCUT2D eigenvalue weighted by molar-refractivity contribution is 5.83. The van der Waals surface area contributed by atoms with E-state index in [4.69, 9.17) is 0 Å². The molecular formula is C7H15N3O.